The predicted molar refractivity (Wildman–Crippen MR) is 113 cm³/mol. The van der Waals surface area contributed by atoms with Crippen LogP contribution >= 0.6 is 11.8 Å². The van der Waals surface area contributed by atoms with E-state index >= 15 is 0 Å². The van der Waals surface area contributed by atoms with Gasteiger partial charge in [0.25, 0.3) is 5.24 Å². The van der Waals surface area contributed by atoms with Gasteiger partial charge in [0.2, 0.25) is 17.6 Å². The Labute approximate surface area is 177 Å². The number of hydrogen-bond donors (Lipinski definition) is 1. The van der Waals surface area contributed by atoms with E-state index in [1.54, 1.807) is 57.4 Å². The molecule has 0 bridgehead atoms. The molecule has 7 nitrogen and oxygen atoms in total. The normalized spacial score (nSPS) is 10.7. The summed E-state index contributed by atoms with van der Waals surface area (Å²) in [5, 5.41) is 6.58. The van der Waals surface area contributed by atoms with Crippen LogP contribution in [0.4, 0.5) is 14.9 Å². The molecule has 0 aliphatic heterocycles. The summed E-state index contributed by atoms with van der Waals surface area (Å²) < 4.78 is 18.6. The van der Waals surface area contributed by atoms with Crippen molar-refractivity contribution >= 4 is 28.6 Å². The summed E-state index contributed by atoms with van der Waals surface area (Å²) in [6.07, 6.45) is 0.385. The SMILES string of the molecule is Cc1cc(-c2noc(CCC(=O)Nc3ccccc3SC(=O)N(C)C)n2)ccc1F. The Hall–Kier alpha value is -3.20. The molecule has 3 aromatic rings. The molecule has 156 valence electrons. The first-order chi connectivity index (χ1) is 14.3. The van der Waals surface area contributed by atoms with E-state index in [2.05, 4.69) is 15.5 Å². The summed E-state index contributed by atoms with van der Waals surface area (Å²) >= 11 is 1.04. The molecule has 1 N–H and O–H groups in total. The smallest absolute Gasteiger partial charge is 0.286 e. The van der Waals surface area contributed by atoms with Crippen molar-refractivity contribution in [3.8, 4) is 11.4 Å². The number of aryl methyl sites for hydroxylation is 2. The van der Waals surface area contributed by atoms with Crippen molar-refractivity contribution in [2.45, 2.75) is 24.7 Å². The molecule has 30 heavy (non-hydrogen) atoms. The summed E-state index contributed by atoms with van der Waals surface area (Å²) in [4.78, 5) is 30.7. The Morgan fingerprint density at radius 3 is 2.70 bits per heavy atom. The number of halogens is 1. The molecule has 9 heteroatoms. The van der Waals surface area contributed by atoms with Gasteiger partial charge in [-0.1, -0.05) is 17.3 Å². The minimum Gasteiger partial charge on any atom is -0.339 e. The van der Waals surface area contributed by atoms with Gasteiger partial charge in [-0.2, -0.15) is 4.98 Å². The van der Waals surface area contributed by atoms with Crippen molar-refractivity contribution in [1.29, 1.82) is 0 Å². The van der Waals surface area contributed by atoms with Crippen LogP contribution in [0, 0.1) is 12.7 Å². The number of nitrogens with zero attached hydrogens (tertiary/aromatic N) is 3. The molecule has 3 rings (SSSR count). The van der Waals surface area contributed by atoms with Gasteiger partial charge >= 0.3 is 0 Å². The molecule has 0 fully saturated rings. The van der Waals surface area contributed by atoms with E-state index in [1.807, 2.05) is 0 Å². The highest BCUT2D eigenvalue weighted by molar-refractivity contribution is 8.13. The Balaban J connectivity index is 1.60. The molecule has 0 unspecified atom stereocenters. The van der Waals surface area contributed by atoms with E-state index in [0.717, 1.165) is 11.8 Å². The van der Waals surface area contributed by atoms with Crippen LogP contribution in [-0.2, 0) is 11.2 Å². The average Bonchev–Trinajstić information content (AvgIpc) is 3.19. The molecule has 0 saturated carbocycles. The molecular formula is C21H21FN4O3S. The van der Waals surface area contributed by atoms with Gasteiger partial charge in [-0.15, -0.1) is 0 Å². The molecule has 0 spiro atoms. The summed E-state index contributed by atoms with van der Waals surface area (Å²) in [5.41, 5.74) is 1.70. The maximum Gasteiger partial charge on any atom is 0.286 e. The third-order valence-electron chi connectivity index (χ3n) is 4.17. The minimum absolute atomic E-state index is 0.130. The molecule has 1 heterocycles. The number of thioether (sulfide) groups is 1. The molecule has 0 aliphatic rings. The molecule has 2 amide bonds. The highest BCUT2D eigenvalue weighted by Gasteiger charge is 2.14. The highest BCUT2D eigenvalue weighted by atomic mass is 32.2. The Bertz CT molecular complexity index is 1070. The fourth-order valence-corrected chi connectivity index (χ4v) is 3.28. The van der Waals surface area contributed by atoms with E-state index in [0.29, 0.717) is 33.4 Å². The number of nitrogens with one attached hydrogen (secondary N) is 1. The van der Waals surface area contributed by atoms with E-state index < -0.39 is 0 Å². The lowest BCUT2D eigenvalue weighted by Gasteiger charge is -2.12. The monoisotopic (exact) mass is 428 g/mol. The van der Waals surface area contributed by atoms with E-state index in [9.17, 15) is 14.0 Å². The van der Waals surface area contributed by atoms with E-state index in [1.165, 1.54) is 11.0 Å². The first-order valence-corrected chi connectivity index (χ1v) is 10.0. The number of amides is 2. The first kappa shape index (κ1) is 21.5. The maximum absolute atomic E-state index is 13.4. The second kappa shape index (κ2) is 9.53. The van der Waals surface area contributed by atoms with Gasteiger partial charge in [0.1, 0.15) is 5.82 Å². The molecule has 0 radical (unpaired) electrons. The molecule has 0 aliphatic carbocycles. The van der Waals surface area contributed by atoms with Crippen LogP contribution in [0.2, 0.25) is 0 Å². The zero-order valence-electron chi connectivity index (χ0n) is 16.8. The van der Waals surface area contributed by atoms with Gasteiger partial charge < -0.3 is 14.7 Å². The summed E-state index contributed by atoms with van der Waals surface area (Å²) in [7, 11) is 3.34. The topological polar surface area (TPSA) is 88.3 Å². The molecule has 1 aromatic heterocycles. The van der Waals surface area contributed by atoms with Gasteiger partial charge in [0.15, 0.2) is 0 Å². The predicted octanol–water partition coefficient (Wildman–Crippen LogP) is 4.53. The second-order valence-corrected chi connectivity index (χ2v) is 7.78. The number of rotatable bonds is 6. The fraction of sp³-hybridized carbons (Fsp3) is 0.238. The van der Waals surface area contributed by atoms with Crippen LogP contribution in [0.1, 0.15) is 17.9 Å². The van der Waals surface area contributed by atoms with Crippen LogP contribution in [0.3, 0.4) is 0 Å². The molecule has 0 atom stereocenters. The molecular weight excluding hydrogens is 407 g/mol. The van der Waals surface area contributed by atoms with Gasteiger partial charge in [-0.25, -0.2) is 4.39 Å². The largest absolute Gasteiger partial charge is 0.339 e. The maximum atomic E-state index is 13.4. The zero-order chi connectivity index (χ0) is 21.7. The van der Waals surface area contributed by atoms with Crippen molar-refractivity contribution in [1.82, 2.24) is 15.0 Å². The standard InChI is InChI=1S/C21H21FN4O3S/c1-13-12-14(8-9-15(13)22)20-24-19(29-25-20)11-10-18(27)23-16-6-4-5-7-17(16)30-21(28)26(2)3/h4-9,12H,10-11H2,1-3H3,(H,23,27). The van der Waals surface area contributed by atoms with Crippen LogP contribution in [0.25, 0.3) is 11.4 Å². The van der Waals surface area contributed by atoms with Crippen LogP contribution in [0.15, 0.2) is 51.9 Å². The summed E-state index contributed by atoms with van der Waals surface area (Å²) in [6.45, 7) is 1.66. The number of anilines is 1. The quantitative estimate of drug-likeness (QED) is 0.581. The van der Waals surface area contributed by atoms with Crippen LogP contribution < -0.4 is 5.32 Å². The number of benzene rings is 2. The highest BCUT2D eigenvalue weighted by Crippen LogP contribution is 2.28. The third kappa shape index (κ3) is 5.44. The van der Waals surface area contributed by atoms with Gasteiger partial charge in [0, 0.05) is 37.4 Å². The van der Waals surface area contributed by atoms with Crippen molar-refractivity contribution in [2.24, 2.45) is 0 Å². The fourth-order valence-electron chi connectivity index (χ4n) is 2.53. The zero-order valence-corrected chi connectivity index (χ0v) is 17.6. The first-order valence-electron chi connectivity index (χ1n) is 9.20. The number of carbonyl (C=O) groups is 2. The summed E-state index contributed by atoms with van der Waals surface area (Å²) in [6, 6.07) is 11.7. The third-order valence-corrected chi connectivity index (χ3v) is 5.29. The van der Waals surface area contributed by atoms with Gasteiger partial charge in [-0.05, 0) is 54.6 Å². The van der Waals surface area contributed by atoms with Crippen molar-refractivity contribution in [3.05, 3.63) is 59.7 Å². The van der Waals surface area contributed by atoms with Gasteiger partial charge in [-0.3, -0.25) is 9.59 Å². The average molecular weight is 428 g/mol. The van der Waals surface area contributed by atoms with E-state index in [4.69, 9.17) is 4.52 Å². The lowest BCUT2D eigenvalue weighted by Crippen LogP contribution is -2.17. The Morgan fingerprint density at radius 1 is 1.20 bits per heavy atom. The summed E-state index contributed by atoms with van der Waals surface area (Å²) in [5.74, 6) is 0.118. The molecule has 2 aromatic carbocycles. The van der Waals surface area contributed by atoms with Crippen molar-refractivity contribution in [3.63, 3.8) is 0 Å². The van der Waals surface area contributed by atoms with E-state index in [-0.39, 0.29) is 29.8 Å². The van der Waals surface area contributed by atoms with Crippen LogP contribution in [-0.4, -0.2) is 40.3 Å². The number of carbonyl (C=O) groups excluding carboxylic acids is 2. The van der Waals surface area contributed by atoms with Crippen molar-refractivity contribution in [2.75, 3.05) is 19.4 Å². The Kier molecular flexibility index (Phi) is 6.83. The van der Waals surface area contributed by atoms with Gasteiger partial charge in [0.05, 0.1) is 5.69 Å². The number of para-hydroxylation sites is 1. The lowest BCUT2D eigenvalue weighted by atomic mass is 10.1. The minimum atomic E-state index is -0.301. The number of hydrogen-bond acceptors (Lipinski definition) is 6. The molecule has 0 saturated heterocycles. The lowest BCUT2D eigenvalue weighted by molar-refractivity contribution is -0.116. The van der Waals surface area contributed by atoms with Crippen molar-refractivity contribution < 1.29 is 18.5 Å². The number of aromatic nitrogens is 2. The second-order valence-electron chi connectivity index (χ2n) is 6.78. The van der Waals surface area contributed by atoms with Crippen LogP contribution in [0.5, 0.6) is 0 Å². The Morgan fingerprint density at radius 2 is 1.97 bits per heavy atom.